The van der Waals surface area contributed by atoms with Gasteiger partial charge in [-0.05, 0) is 48.5 Å². The van der Waals surface area contributed by atoms with Gasteiger partial charge in [0.05, 0.1) is 45.8 Å². The Balaban J connectivity index is 1.90. The summed E-state index contributed by atoms with van der Waals surface area (Å²) < 4.78 is 21.4. The van der Waals surface area contributed by atoms with Crippen LogP contribution in [0.3, 0.4) is 0 Å². The first-order chi connectivity index (χ1) is 16.0. The summed E-state index contributed by atoms with van der Waals surface area (Å²) in [7, 11) is 4.55. The maximum absolute atomic E-state index is 13.2. The molecule has 1 aromatic heterocycles. The third-order valence-corrected chi connectivity index (χ3v) is 5.54. The number of benzene rings is 2. The van der Waals surface area contributed by atoms with Crippen LogP contribution in [0.1, 0.15) is 22.9 Å². The van der Waals surface area contributed by atoms with Crippen molar-refractivity contribution in [3.63, 3.8) is 0 Å². The minimum Gasteiger partial charge on any atom is -0.507 e. The number of methoxy groups -OCH3 is 3. The van der Waals surface area contributed by atoms with Crippen molar-refractivity contribution < 1.29 is 33.3 Å². The van der Waals surface area contributed by atoms with Crippen LogP contribution < -0.4 is 14.2 Å². The van der Waals surface area contributed by atoms with Crippen molar-refractivity contribution in [2.75, 3.05) is 21.3 Å². The lowest BCUT2D eigenvalue weighted by atomic mass is 9.94. The first-order valence-corrected chi connectivity index (χ1v) is 10.2. The molecule has 1 aliphatic heterocycles. The van der Waals surface area contributed by atoms with Gasteiger partial charge in [-0.15, -0.1) is 0 Å². The number of ketones is 1. The molecule has 4 rings (SSSR count). The second-order valence-electron chi connectivity index (χ2n) is 7.34. The summed E-state index contributed by atoms with van der Waals surface area (Å²) in [5.41, 5.74) is 0.864. The molecule has 170 valence electrons. The number of carbonyl (C=O) groups excluding carboxylic acids is 2. The normalized spacial score (nSPS) is 17.3. The van der Waals surface area contributed by atoms with E-state index in [2.05, 4.69) is 0 Å². The molecule has 2 heterocycles. The number of Topliss-reactive ketones (excluding diaryl/α,β-unsaturated/α-hetero) is 1. The largest absolute Gasteiger partial charge is 0.507 e. The number of hydrogen-bond acceptors (Lipinski definition) is 7. The molecule has 1 fully saturated rings. The molecule has 33 heavy (non-hydrogen) atoms. The van der Waals surface area contributed by atoms with Crippen LogP contribution in [-0.2, 0) is 16.1 Å². The summed E-state index contributed by atoms with van der Waals surface area (Å²) >= 11 is 0. The van der Waals surface area contributed by atoms with E-state index < -0.39 is 17.7 Å². The number of aliphatic hydroxyl groups excluding tert-OH is 1. The second-order valence-corrected chi connectivity index (χ2v) is 7.34. The molecule has 2 aromatic carbocycles. The number of ether oxygens (including phenoxy) is 3. The van der Waals surface area contributed by atoms with Gasteiger partial charge >= 0.3 is 0 Å². The van der Waals surface area contributed by atoms with E-state index in [1.807, 2.05) is 0 Å². The van der Waals surface area contributed by atoms with Gasteiger partial charge < -0.3 is 28.6 Å². The second kappa shape index (κ2) is 9.12. The summed E-state index contributed by atoms with van der Waals surface area (Å²) in [5.74, 6) is 0.222. The van der Waals surface area contributed by atoms with Crippen molar-refractivity contribution in [3.8, 4) is 17.2 Å². The van der Waals surface area contributed by atoms with Gasteiger partial charge in [-0.2, -0.15) is 0 Å². The van der Waals surface area contributed by atoms with E-state index in [4.69, 9.17) is 18.6 Å². The highest BCUT2D eigenvalue weighted by Crippen LogP contribution is 2.44. The summed E-state index contributed by atoms with van der Waals surface area (Å²) in [4.78, 5) is 27.6. The van der Waals surface area contributed by atoms with Gasteiger partial charge in [-0.3, -0.25) is 9.59 Å². The van der Waals surface area contributed by atoms with E-state index >= 15 is 0 Å². The van der Waals surface area contributed by atoms with E-state index in [-0.39, 0.29) is 17.9 Å². The van der Waals surface area contributed by atoms with Crippen molar-refractivity contribution in [3.05, 3.63) is 83.3 Å². The Kier molecular flexibility index (Phi) is 6.08. The van der Waals surface area contributed by atoms with Crippen LogP contribution in [0, 0.1) is 0 Å². The van der Waals surface area contributed by atoms with E-state index in [1.54, 1.807) is 54.6 Å². The van der Waals surface area contributed by atoms with Crippen molar-refractivity contribution in [1.29, 1.82) is 0 Å². The molecule has 1 saturated heterocycles. The summed E-state index contributed by atoms with van der Waals surface area (Å²) in [5, 5.41) is 11.2. The van der Waals surface area contributed by atoms with Crippen molar-refractivity contribution in [1.82, 2.24) is 4.90 Å². The Labute approximate surface area is 190 Å². The summed E-state index contributed by atoms with van der Waals surface area (Å²) in [6.07, 6.45) is 1.49. The highest BCUT2D eigenvalue weighted by Gasteiger charge is 2.47. The maximum Gasteiger partial charge on any atom is 0.296 e. The zero-order valence-corrected chi connectivity index (χ0v) is 18.4. The Morgan fingerprint density at radius 2 is 1.67 bits per heavy atom. The monoisotopic (exact) mass is 449 g/mol. The van der Waals surface area contributed by atoms with E-state index in [0.29, 0.717) is 34.1 Å². The minimum atomic E-state index is -0.905. The Bertz CT molecular complexity index is 1200. The third kappa shape index (κ3) is 4.03. The molecule has 3 aromatic rings. The zero-order chi connectivity index (χ0) is 23.5. The molecular weight excluding hydrogens is 426 g/mol. The molecule has 0 aliphatic carbocycles. The summed E-state index contributed by atoms with van der Waals surface area (Å²) in [6, 6.07) is 14.2. The average Bonchev–Trinajstić information content (AvgIpc) is 3.45. The van der Waals surface area contributed by atoms with Crippen LogP contribution >= 0.6 is 0 Å². The van der Waals surface area contributed by atoms with E-state index in [0.717, 1.165) is 0 Å². The first kappa shape index (κ1) is 22.0. The van der Waals surface area contributed by atoms with Crippen LogP contribution in [0.4, 0.5) is 0 Å². The fourth-order valence-corrected chi connectivity index (χ4v) is 3.89. The van der Waals surface area contributed by atoms with Gasteiger partial charge in [0.1, 0.15) is 28.8 Å². The van der Waals surface area contributed by atoms with Crippen LogP contribution in [0.5, 0.6) is 17.2 Å². The van der Waals surface area contributed by atoms with Gasteiger partial charge in [-0.1, -0.05) is 0 Å². The molecule has 0 saturated carbocycles. The molecule has 0 bridgehead atoms. The lowest BCUT2D eigenvalue weighted by Crippen LogP contribution is -2.29. The van der Waals surface area contributed by atoms with Crippen molar-refractivity contribution in [2.24, 2.45) is 0 Å². The predicted molar refractivity (Wildman–Crippen MR) is 119 cm³/mol. The molecule has 0 spiro atoms. The number of carbonyl (C=O) groups is 2. The van der Waals surface area contributed by atoms with Crippen molar-refractivity contribution >= 4 is 17.4 Å². The first-order valence-electron chi connectivity index (χ1n) is 10.2. The lowest BCUT2D eigenvalue weighted by molar-refractivity contribution is -0.140. The highest BCUT2D eigenvalue weighted by atomic mass is 16.5. The SMILES string of the molecule is COc1ccc(C(O)=C2C(=O)C(=O)N(Cc3ccco3)C2c2ccc(OC)cc2OC)cc1. The zero-order valence-electron chi connectivity index (χ0n) is 18.4. The number of hydrogen-bond donors (Lipinski definition) is 1. The number of aliphatic hydroxyl groups is 1. The average molecular weight is 449 g/mol. The Morgan fingerprint density at radius 3 is 2.27 bits per heavy atom. The maximum atomic E-state index is 13.2. The minimum absolute atomic E-state index is 0.0385. The van der Waals surface area contributed by atoms with Gasteiger partial charge in [0.15, 0.2) is 0 Å². The van der Waals surface area contributed by atoms with Gasteiger partial charge in [0.25, 0.3) is 11.7 Å². The molecule has 1 atom stereocenters. The standard InChI is InChI=1S/C25H23NO7/c1-30-16-8-6-15(7-9-16)23(27)21-22(19-11-10-17(31-2)13-20(19)32-3)26(25(29)24(21)28)14-18-5-4-12-33-18/h4-13,22,27H,14H2,1-3H3. The molecule has 1 N–H and O–H groups in total. The predicted octanol–water partition coefficient (Wildman–Crippen LogP) is 3.93. The molecule has 0 radical (unpaired) electrons. The van der Waals surface area contributed by atoms with E-state index in [9.17, 15) is 14.7 Å². The fraction of sp³-hybridized carbons (Fsp3) is 0.200. The van der Waals surface area contributed by atoms with Crippen LogP contribution in [0.15, 0.2) is 70.9 Å². The van der Waals surface area contributed by atoms with Crippen LogP contribution in [0.25, 0.3) is 5.76 Å². The molecule has 8 heteroatoms. The molecular formula is C25H23NO7. The topological polar surface area (TPSA) is 98.4 Å². The Hall–Kier alpha value is -4.20. The summed E-state index contributed by atoms with van der Waals surface area (Å²) in [6.45, 7) is 0.0385. The molecule has 1 aliphatic rings. The van der Waals surface area contributed by atoms with Gasteiger partial charge in [0, 0.05) is 17.2 Å². The Morgan fingerprint density at radius 1 is 0.970 bits per heavy atom. The number of nitrogens with zero attached hydrogens (tertiary/aromatic N) is 1. The van der Waals surface area contributed by atoms with Gasteiger partial charge in [-0.25, -0.2) is 0 Å². The number of likely N-dealkylation sites (tertiary alicyclic amines) is 1. The smallest absolute Gasteiger partial charge is 0.296 e. The lowest BCUT2D eigenvalue weighted by Gasteiger charge is -2.26. The number of furan rings is 1. The molecule has 1 amide bonds. The third-order valence-electron chi connectivity index (χ3n) is 5.54. The number of rotatable bonds is 7. The van der Waals surface area contributed by atoms with Crippen LogP contribution in [0.2, 0.25) is 0 Å². The quantitative estimate of drug-likeness (QED) is 0.332. The highest BCUT2D eigenvalue weighted by molar-refractivity contribution is 6.46. The fourth-order valence-electron chi connectivity index (χ4n) is 3.89. The van der Waals surface area contributed by atoms with Gasteiger partial charge in [0.2, 0.25) is 0 Å². The number of amides is 1. The van der Waals surface area contributed by atoms with Crippen LogP contribution in [-0.4, -0.2) is 43.0 Å². The molecule has 1 unspecified atom stereocenters. The van der Waals surface area contributed by atoms with E-state index in [1.165, 1.54) is 32.5 Å². The molecule has 8 nitrogen and oxygen atoms in total. The van der Waals surface area contributed by atoms with Crippen molar-refractivity contribution in [2.45, 2.75) is 12.6 Å².